The van der Waals surface area contributed by atoms with E-state index in [1.54, 1.807) is 32.4 Å². The van der Waals surface area contributed by atoms with Gasteiger partial charge in [-0.25, -0.2) is 13.8 Å². The van der Waals surface area contributed by atoms with Gasteiger partial charge in [0, 0.05) is 31.3 Å². The maximum atomic E-state index is 14.0. The van der Waals surface area contributed by atoms with E-state index >= 15 is 0 Å². The van der Waals surface area contributed by atoms with E-state index in [1.807, 2.05) is 4.90 Å². The summed E-state index contributed by atoms with van der Waals surface area (Å²) in [5, 5.41) is 6.74. The van der Waals surface area contributed by atoms with Crippen LogP contribution in [-0.4, -0.2) is 53.5 Å². The lowest BCUT2D eigenvalue weighted by molar-refractivity contribution is -0.0251. The Balaban J connectivity index is 1.73. The average molecular weight is 523 g/mol. The molecule has 36 heavy (non-hydrogen) atoms. The van der Waals surface area contributed by atoms with Gasteiger partial charge in [0.05, 0.1) is 23.9 Å². The highest BCUT2D eigenvalue weighted by Crippen LogP contribution is 2.36. The van der Waals surface area contributed by atoms with E-state index in [4.69, 9.17) is 21.1 Å². The van der Waals surface area contributed by atoms with Crippen molar-refractivity contribution in [3.63, 3.8) is 0 Å². The topological polar surface area (TPSA) is 93.5 Å². The van der Waals surface area contributed by atoms with E-state index in [1.165, 1.54) is 10.8 Å². The zero-order valence-corrected chi connectivity index (χ0v) is 21.3. The molecule has 3 aromatic rings. The first-order valence-electron chi connectivity index (χ1n) is 11.6. The van der Waals surface area contributed by atoms with Gasteiger partial charge in [0.2, 0.25) is 11.7 Å². The molecule has 0 spiro atoms. The summed E-state index contributed by atoms with van der Waals surface area (Å²) in [5.74, 6) is -2.42. The molecule has 0 saturated heterocycles. The van der Waals surface area contributed by atoms with Crippen molar-refractivity contribution in [3.8, 4) is 5.75 Å². The Labute approximate surface area is 212 Å². The fraction of sp³-hybridized carbons (Fsp3) is 0.458. The first kappa shape index (κ1) is 25.9. The van der Waals surface area contributed by atoms with Gasteiger partial charge in [-0.15, -0.1) is 0 Å². The number of benzene rings is 1. The maximum Gasteiger partial charge on any atom is 0.298 e. The van der Waals surface area contributed by atoms with Gasteiger partial charge in [-0.2, -0.15) is 4.98 Å². The van der Waals surface area contributed by atoms with Gasteiger partial charge in [0.15, 0.2) is 12.4 Å². The van der Waals surface area contributed by atoms with Crippen molar-refractivity contribution in [2.45, 2.75) is 38.7 Å². The molecule has 0 bridgehead atoms. The molecule has 1 aromatic carbocycles. The number of ether oxygens (including phenoxy) is 2. The molecule has 4 rings (SSSR count). The molecule has 0 saturated carbocycles. The Morgan fingerprint density at radius 3 is 2.92 bits per heavy atom. The van der Waals surface area contributed by atoms with Crippen LogP contribution in [0.4, 0.5) is 31.9 Å². The predicted octanol–water partition coefficient (Wildman–Crippen LogP) is 4.76. The monoisotopic (exact) mass is 522 g/mol. The van der Waals surface area contributed by atoms with Crippen LogP contribution < -0.4 is 25.8 Å². The molecule has 0 amide bonds. The Morgan fingerprint density at radius 2 is 2.19 bits per heavy atom. The number of aryl methyl sites for hydroxylation is 1. The standard InChI is InChI=1S/C24H29ClF2N6O3/c1-5-6-14(2)33(13-35-4)23-28-10-17(25)21(31-23)30-15-7-8-18-16(9-15)19-20(22(34)32(18)3)36-12-24(26,27)11-29-19/h7-10,14,29H,5-6,11-13H2,1-4H3,(H,28,30,31). The SMILES string of the molecule is CCCC(C)N(COC)c1ncc(Cl)c(Nc2ccc3c(c2)c2c(c(=O)n3C)OCC(F)(F)CN2)n1. The Kier molecular flexibility index (Phi) is 7.51. The zero-order valence-electron chi connectivity index (χ0n) is 20.6. The van der Waals surface area contributed by atoms with Gasteiger partial charge >= 0.3 is 0 Å². The molecule has 12 heteroatoms. The zero-order chi connectivity index (χ0) is 26.0. The van der Waals surface area contributed by atoms with E-state index in [9.17, 15) is 13.6 Å². The number of fused-ring (bicyclic) bond motifs is 3. The van der Waals surface area contributed by atoms with Gasteiger partial charge in [0.25, 0.3) is 11.5 Å². The fourth-order valence-electron chi connectivity index (χ4n) is 4.17. The molecule has 1 unspecified atom stereocenters. The van der Waals surface area contributed by atoms with E-state index in [-0.39, 0.29) is 17.5 Å². The second-order valence-corrected chi connectivity index (χ2v) is 9.22. The first-order chi connectivity index (χ1) is 17.1. The van der Waals surface area contributed by atoms with Gasteiger partial charge in [-0.1, -0.05) is 24.9 Å². The van der Waals surface area contributed by atoms with Crippen LogP contribution in [0, 0.1) is 0 Å². The molecule has 194 valence electrons. The molecule has 3 heterocycles. The number of anilines is 4. The molecule has 1 aliphatic rings. The third kappa shape index (κ3) is 5.17. The van der Waals surface area contributed by atoms with Gasteiger partial charge < -0.3 is 29.6 Å². The highest BCUT2D eigenvalue weighted by atomic mass is 35.5. The molecule has 0 aliphatic carbocycles. The third-order valence-electron chi connectivity index (χ3n) is 6.06. The summed E-state index contributed by atoms with van der Waals surface area (Å²) in [6.07, 6.45) is 3.44. The molecule has 1 aliphatic heterocycles. The third-order valence-corrected chi connectivity index (χ3v) is 6.34. The molecular formula is C24H29ClF2N6O3. The summed E-state index contributed by atoms with van der Waals surface area (Å²) >= 11 is 6.40. The van der Waals surface area contributed by atoms with Crippen molar-refractivity contribution in [2.24, 2.45) is 7.05 Å². The van der Waals surface area contributed by atoms with Crippen molar-refractivity contribution in [1.29, 1.82) is 0 Å². The largest absolute Gasteiger partial charge is 0.480 e. The first-order valence-corrected chi connectivity index (χ1v) is 12.0. The Bertz CT molecular complexity index is 1320. The normalized spacial score (nSPS) is 15.4. The Hall–Kier alpha value is -3.18. The number of methoxy groups -OCH3 is 1. The lowest BCUT2D eigenvalue weighted by Crippen LogP contribution is -2.36. The summed E-state index contributed by atoms with van der Waals surface area (Å²) in [7, 11) is 3.18. The van der Waals surface area contributed by atoms with Crippen LogP contribution in [0.1, 0.15) is 26.7 Å². The highest BCUT2D eigenvalue weighted by Gasteiger charge is 2.35. The van der Waals surface area contributed by atoms with Crippen molar-refractivity contribution in [2.75, 3.05) is 42.5 Å². The smallest absolute Gasteiger partial charge is 0.298 e. The minimum atomic E-state index is -3.11. The molecule has 2 N–H and O–H groups in total. The number of alkyl halides is 2. The summed E-state index contributed by atoms with van der Waals surface area (Å²) < 4.78 is 39.9. The van der Waals surface area contributed by atoms with Crippen molar-refractivity contribution >= 4 is 45.6 Å². The van der Waals surface area contributed by atoms with Gasteiger partial charge in [0.1, 0.15) is 11.8 Å². The van der Waals surface area contributed by atoms with E-state index in [0.717, 1.165) is 12.8 Å². The van der Waals surface area contributed by atoms with Crippen LogP contribution in [0.2, 0.25) is 5.02 Å². The van der Waals surface area contributed by atoms with E-state index < -0.39 is 24.6 Å². The fourth-order valence-corrected chi connectivity index (χ4v) is 4.31. The number of pyridine rings is 1. The number of hydrogen-bond donors (Lipinski definition) is 2. The minimum absolute atomic E-state index is 0.137. The molecule has 9 nitrogen and oxygen atoms in total. The van der Waals surface area contributed by atoms with E-state index in [0.29, 0.717) is 40.1 Å². The quantitative estimate of drug-likeness (QED) is 0.409. The van der Waals surface area contributed by atoms with Crippen LogP contribution in [-0.2, 0) is 11.8 Å². The average Bonchev–Trinajstić information content (AvgIpc) is 3.01. The summed E-state index contributed by atoms with van der Waals surface area (Å²) in [4.78, 5) is 23.7. The number of rotatable bonds is 8. The van der Waals surface area contributed by atoms with Crippen LogP contribution in [0.5, 0.6) is 5.75 Å². The highest BCUT2D eigenvalue weighted by molar-refractivity contribution is 6.32. The molecule has 2 aromatic heterocycles. The molecule has 0 radical (unpaired) electrons. The predicted molar refractivity (Wildman–Crippen MR) is 137 cm³/mol. The summed E-state index contributed by atoms with van der Waals surface area (Å²) in [5.41, 5.74) is 0.877. The molecule has 0 fully saturated rings. The number of nitrogens with zero attached hydrogens (tertiary/aromatic N) is 4. The summed E-state index contributed by atoms with van der Waals surface area (Å²) in [6, 6.07) is 5.36. The van der Waals surface area contributed by atoms with Crippen molar-refractivity contribution in [3.05, 3.63) is 39.8 Å². The van der Waals surface area contributed by atoms with Crippen LogP contribution in [0.3, 0.4) is 0 Å². The lowest BCUT2D eigenvalue weighted by atomic mass is 10.1. The Morgan fingerprint density at radius 1 is 1.42 bits per heavy atom. The minimum Gasteiger partial charge on any atom is -0.480 e. The van der Waals surface area contributed by atoms with Crippen LogP contribution >= 0.6 is 11.6 Å². The molecule has 1 atom stereocenters. The molecular weight excluding hydrogens is 494 g/mol. The number of aromatic nitrogens is 3. The van der Waals surface area contributed by atoms with Crippen molar-refractivity contribution < 1.29 is 18.3 Å². The maximum absolute atomic E-state index is 14.0. The van der Waals surface area contributed by atoms with Crippen LogP contribution in [0.25, 0.3) is 10.9 Å². The number of nitrogens with one attached hydrogen (secondary N) is 2. The van der Waals surface area contributed by atoms with Crippen LogP contribution in [0.15, 0.2) is 29.2 Å². The lowest BCUT2D eigenvalue weighted by Gasteiger charge is -2.28. The van der Waals surface area contributed by atoms with Crippen molar-refractivity contribution in [1.82, 2.24) is 14.5 Å². The van der Waals surface area contributed by atoms with E-state index in [2.05, 4.69) is 34.4 Å². The van der Waals surface area contributed by atoms with Gasteiger partial charge in [-0.3, -0.25) is 4.79 Å². The second-order valence-electron chi connectivity index (χ2n) is 8.82. The number of halogens is 3. The van der Waals surface area contributed by atoms with Gasteiger partial charge in [-0.05, 0) is 31.5 Å². The number of hydrogen-bond acceptors (Lipinski definition) is 8. The summed E-state index contributed by atoms with van der Waals surface area (Å²) in [6.45, 7) is 2.97. The second kappa shape index (κ2) is 10.4.